The van der Waals surface area contributed by atoms with Gasteiger partial charge in [-0.3, -0.25) is 4.79 Å². The molecule has 0 aliphatic rings. The number of ether oxygens (including phenoxy) is 2. The van der Waals surface area contributed by atoms with E-state index in [0.717, 1.165) is 0 Å². The standard InChI is InChI=1S/C20H23NO6S/c1-14(22)26-16-12-10-15(11-13-16)18(21-19(23)27-20(2,3)4)28(24,25)17-8-6-5-7-9-17/h5-13,18H,1-4H3,(H,21,23). The number of hydrogen-bond donors (Lipinski definition) is 1. The molecule has 1 amide bonds. The number of sulfone groups is 1. The fraction of sp³-hybridized carbons (Fsp3) is 0.300. The zero-order valence-electron chi connectivity index (χ0n) is 16.1. The van der Waals surface area contributed by atoms with Crippen molar-refractivity contribution in [1.82, 2.24) is 5.32 Å². The number of carbonyl (C=O) groups excluding carboxylic acids is 2. The van der Waals surface area contributed by atoms with E-state index >= 15 is 0 Å². The van der Waals surface area contributed by atoms with Crippen molar-refractivity contribution in [3.63, 3.8) is 0 Å². The Morgan fingerprint density at radius 2 is 1.54 bits per heavy atom. The quantitative estimate of drug-likeness (QED) is 0.603. The number of esters is 1. The number of benzene rings is 2. The molecule has 0 aliphatic heterocycles. The largest absolute Gasteiger partial charge is 0.444 e. The van der Waals surface area contributed by atoms with Gasteiger partial charge in [-0.2, -0.15) is 0 Å². The van der Waals surface area contributed by atoms with Crippen LogP contribution in [0.4, 0.5) is 4.79 Å². The van der Waals surface area contributed by atoms with E-state index in [4.69, 9.17) is 9.47 Å². The summed E-state index contributed by atoms with van der Waals surface area (Å²) in [5.74, 6) is -0.225. The van der Waals surface area contributed by atoms with Crippen LogP contribution in [0.5, 0.6) is 5.75 Å². The number of nitrogens with one attached hydrogen (secondary N) is 1. The molecule has 0 saturated heterocycles. The summed E-state index contributed by atoms with van der Waals surface area (Å²) in [6, 6.07) is 13.7. The third kappa shape index (κ3) is 5.82. The van der Waals surface area contributed by atoms with E-state index < -0.39 is 32.9 Å². The van der Waals surface area contributed by atoms with Gasteiger partial charge in [0, 0.05) is 6.92 Å². The van der Waals surface area contributed by atoms with Gasteiger partial charge in [0.05, 0.1) is 4.90 Å². The van der Waals surface area contributed by atoms with E-state index in [-0.39, 0.29) is 10.6 Å². The van der Waals surface area contributed by atoms with E-state index in [0.29, 0.717) is 5.56 Å². The fourth-order valence-electron chi connectivity index (χ4n) is 2.38. The summed E-state index contributed by atoms with van der Waals surface area (Å²) < 4.78 is 36.5. The summed E-state index contributed by atoms with van der Waals surface area (Å²) in [5.41, 5.74) is -0.491. The first-order valence-electron chi connectivity index (χ1n) is 8.56. The van der Waals surface area contributed by atoms with Crippen LogP contribution in [0.25, 0.3) is 0 Å². The predicted molar refractivity (Wildman–Crippen MR) is 103 cm³/mol. The minimum absolute atomic E-state index is 0.0557. The van der Waals surface area contributed by atoms with Crippen LogP contribution in [0.2, 0.25) is 0 Å². The number of amides is 1. The summed E-state index contributed by atoms with van der Waals surface area (Å²) >= 11 is 0. The number of rotatable bonds is 5. The first-order valence-corrected chi connectivity index (χ1v) is 10.1. The highest BCUT2D eigenvalue weighted by atomic mass is 32.2. The van der Waals surface area contributed by atoms with Gasteiger partial charge in [-0.1, -0.05) is 30.3 Å². The Bertz CT molecular complexity index is 931. The molecule has 0 aromatic heterocycles. The van der Waals surface area contributed by atoms with Gasteiger partial charge in [0.1, 0.15) is 11.4 Å². The summed E-state index contributed by atoms with van der Waals surface area (Å²) in [6.07, 6.45) is -0.860. The highest BCUT2D eigenvalue weighted by Crippen LogP contribution is 2.28. The third-order valence-electron chi connectivity index (χ3n) is 3.47. The average molecular weight is 405 g/mol. The maximum atomic E-state index is 13.1. The lowest BCUT2D eigenvalue weighted by Crippen LogP contribution is -2.38. The highest BCUT2D eigenvalue weighted by molar-refractivity contribution is 7.91. The molecule has 0 saturated carbocycles. The zero-order chi connectivity index (χ0) is 20.9. The molecule has 0 bridgehead atoms. The summed E-state index contributed by atoms with van der Waals surface area (Å²) in [6.45, 7) is 6.31. The molecule has 0 spiro atoms. The molecule has 150 valence electrons. The normalized spacial score (nSPS) is 12.7. The van der Waals surface area contributed by atoms with Gasteiger partial charge < -0.3 is 14.8 Å². The van der Waals surface area contributed by atoms with Crippen molar-refractivity contribution in [1.29, 1.82) is 0 Å². The fourth-order valence-corrected chi connectivity index (χ4v) is 3.95. The lowest BCUT2D eigenvalue weighted by Gasteiger charge is -2.24. The van der Waals surface area contributed by atoms with Gasteiger partial charge in [0.15, 0.2) is 5.37 Å². The van der Waals surface area contributed by atoms with Gasteiger partial charge >= 0.3 is 12.1 Å². The smallest absolute Gasteiger partial charge is 0.408 e. The Kier molecular flexibility index (Phi) is 6.45. The van der Waals surface area contributed by atoms with Crippen LogP contribution in [0.15, 0.2) is 59.5 Å². The Labute approximate surface area is 164 Å². The second-order valence-electron chi connectivity index (χ2n) is 7.05. The average Bonchev–Trinajstić information content (AvgIpc) is 2.59. The second kappa shape index (κ2) is 8.43. The minimum atomic E-state index is -3.96. The Balaban J connectivity index is 2.41. The maximum absolute atomic E-state index is 13.1. The van der Waals surface area contributed by atoms with E-state index in [1.807, 2.05) is 0 Å². The molecule has 8 heteroatoms. The SMILES string of the molecule is CC(=O)Oc1ccc(C(NC(=O)OC(C)(C)C)S(=O)(=O)c2ccccc2)cc1. The lowest BCUT2D eigenvalue weighted by molar-refractivity contribution is -0.131. The van der Waals surface area contributed by atoms with Crippen LogP contribution in [-0.4, -0.2) is 26.1 Å². The van der Waals surface area contributed by atoms with E-state index in [1.165, 1.54) is 43.3 Å². The first-order chi connectivity index (χ1) is 13.0. The molecule has 2 aromatic carbocycles. The highest BCUT2D eigenvalue weighted by Gasteiger charge is 2.32. The van der Waals surface area contributed by atoms with E-state index in [1.54, 1.807) is 39.0 Å². The molecular formula is C20H23NO6S. The molecule has 1 atom stereocenters. The molecule has 0 fully saturated rings. The lowest BCUT2D eigenvalue weighted by atomic mass is 10.2. The second-order valence-corrected chi connectivity index (χ2v) is 9.08. The number of hydrogen-bond acceptors (Lipinski definition) is 6. The van der Waals surface area contributed by atoms with Crippen LogP contribution >= 0.6 is 0 Å². The molecule has 28 heavy (non-hydrogen) atoms. The first kappa shape index (κ1) is 21.4. The Hall–Kier alpha value is -2.87. The molecular weight excluding hydrogens is 382 g/mol. The van der Waals surface area contributed by atoms with Crippen LogP contribution in [0.3, 0.4) is 0 Å². The molecule has 2 rings (SSSR count). The van der Waals surface area contributed by atoms with E-state index in [9.17, 15) is 18.0 Å². The molecule has 0 aliphatic carbocycles. The molecule has 0 heterocycles. The van der Waals surface area contributed by atoms with Crippen molar-refractivity contribution in [3.05, 3.63) is 60.2 Å². The van der Waals surface area contributed by atoms with Crippen molar-refractivity contribution in [2.45, 2.75) is 43.6 Å². The monoisotopic (exact) mass is 405 g/mol. The molecule has 1 unspecified atom stereocenters. The number of alkyl carbamates (subject to hydrolysis) is 1. The van der Waals surface area contributed by atoms with Crippen molar-refractivity contribution in [3.8, 4) is 5.75 Å². The summed E-state index contributed by atoms with van der Waals surface area (Å²) in [7, 11) is -3.96. The molecule has 2 aromatic rings. The molecule has 0 radical (unpaired) electrons. The van der Waals surface area contributed by atoms with Gasteiger partial charge in [-0.25, -0.2) is 13.2 Å². The Morgan fingerprint density at radius 1 is 0.964 bits per heavy atom. The van der Waals surface area contributed by atoms with Gasteiger partial charge in [-0.05, 0) is 50.6 Å². The Morgan fingerprint density at radius 3 is 2.04 bits per heavy atom. The van der Waals surface area contributed by atoms with Crippen LogP contribution in [0, 0.1) is 0 Å². The van der Waals surface area contributed by atoms with Gasteiger partial charge in [0.25, 0.3) is 0 Å². The van der Waals surface area contributed by atoms with Crippen molar-refractivity contribution in [2.75, 3.05) is 0 Å². The summed E-state index contributed by atoms with van der Waals surface area (Å²) in [5, 5.41) is 1.05. The van der Waals surface area contributed by atoms with Gasteiger partial charge in [0.2, 0.25) is 9.84 Å². The predicted octanol–water partition coefficient (Wildman–Crippen LogP) is 3.61. The number of carbonyl (C=O) groups is 2. The summed E-state index contributed by atoms with van der Waals surface area (Å²) in [4.78, 5) is 23.4. The van der Waals surface area contributed by atoms with Crippen molar-refractivity contribution >= 4 is 21.9 Å². The van der Waals surface area contributed by atoms with Crippen LogP contribution in [0.1, 0.15) is 38.6 Å². The van der Waals surface area contributed by atoms with Crippen molar-refractivity contribution < 1.29 is 27.5 Å². The van der Waals surface area contributed by atoms with Crippen LogP contribution in [-0.2, 0) is 19.4 Å². The van der Waals surface area contributed by atoms with E-state index in [2.05, 4.69) is 5.32 Å². The van der Waals surface area contributed by atoms with Gasteiger partial charge in [-0.15, -0.1) is 0 Å². The maximum Gasteiger partial charge on any atom is 0.408 e. The van der Waals surface area contributed by atoms with Crippen LogP contribution < -0.4 is 10.1 Å². The topological polar surface area (TPSA) is 98.8 Å². The minimum Gasteiger partial charge on any atom is -0.444 e. The zero-order valence-corrected chi connectivity index (χ0v) is 16.9. The van der Waals surface area contributed by atoms with Crippen molar-refractivity contribution in [2.24, 2.45) is 0 Å². The molecule has 1 N–H and O–H groups in total. The third-order valence-corrected chi connectivity index (χ3v) is 5.41. The molecule has 7 nitrogen and oxygen atoms in total.